The Morgan fingerprint density at radius 1 is 1.17 bits per heavy atom. The molecule has 2 aromatic rings. The number of anilines is 1. The van der Waals surface area contributed by atoms with Crippen molar-refractivity contribution in [2.24, 2.45) is 0 Å². The van der Waals surface area contributed by atoms with Gasteiger partial charge in [0.25, 0.3) is 0 Å². The van der Waals surface area contributed by atoms with Gasteiger partial charge in [0.05, 0.1) is 16.4 Å². The highest BCUT2D eigenvalue weighted by Crippen LogP contribution is 2.33. The van der Waals surface area contributed by atoms with Gasteiger partial charge in [-0.15, -0.1) is 0 Å². The molecular formula is C11H7ClF3N3. The fourth-order valence-corrected chi connectivity index (χ4v) is 1.58. The molecule has 0 spiro atoms. The minimum absolute atomic E-state index is 0.117. The number of halogens is 4. The molecule has 0 saturated carbocycles. The van der Waals surface area contributed by atoms with E-state index in [1.54, 1.807) is 0 Å². The topological polar surface area (TPSA) is 51.8 Å². The van der Waals surface area contributed by atoms with Crippen LogP contribution in [0, 0.1) is 0 Å². The third-order valence-corrected chi connectivity index (χ3v) is 2.40. The van der Waals surface area contributed by atoms with E-state index in [0.717, 1.165) is 6.07 Å². The Labute approximate surface area is 105 Å². The summed E-state index contributed by atoms with van der Waals surface area (Å²) in [4.78, 5) is 7.30. The van der Waals surface area contributed by atoms with Crippen molar-refractivity contribution in [2.75, 3.05) is 5.73 Å². The van der Waals surface area contributed by atoms with E-state index in [-0.39, 0.29) is 5.69 Å². The van der Waals surface area contributed by atoms with Crippen LogP contribution in [-0.2, 0) is 6.18 Å². The molecule has 0 atom stereocenters. The fourth-order valence-electron chi connectivity index (χ4n) is 1.41. The highest BCUT2D eigenvalue weighted by Gasteiger charge is 2.35. The average molecular weight is 274 g/mol. The SMILES string of the molecule is Nc1ccc(-c2cncc(Cl)c2)nc1C(F)(F)F. The molecular weight excluding hydrogens is 267 g/mol. The van der Waals surface area contributed by atoms with Crippen LogP contribution >= 0.6 is 11.6 Å². The Bertz CT molecular complexity index is 584. The number of nitrogens with two attached hydrogens (primary N) is 1. The summed E-state index contributed by atoms with van der Waals surface area (Å²) in [5.74, 6) is 0. The van der Waals surface area contributed by atoms with Crippen LogP contribution in [0.5, 0.6) is 0 Å². The summed E-state index contributed by atoms with van der Waals surface area (Å²) in [6.45, 7) is 0. The maximum atomic E-state index is 12.6. The molecule has 0 bridgehead atoms. The van der Waals surface area contributed by atoms with Crippen LogP contribution in [-0.4, -0.2) is 9.97 Å². The van der Waals surface area contributed by atoms with E-state index in [2.05, 4.69) is 9.97 Å². The van der Waals surface area contributed by atoms with Gasteiger partial charge in [0, 0.05) is 18.0 Å². The van der Waals surface area contributed by atoms with Crippen molar-refractivity contribution >= 4 is 17.3 Å². The number of hydrogen-bond acceptors (Lipinski definition) is 3. The zero-order valence-electron chi connectivity index (χ0n) is 8.87. The highest BCUT2D eigenvalue weighted by molar-refractivity contribution is 6.30. The van der Waals surface area contributed by atoms with E-state index in [0.29, 0.717) is 10.6 Å². The van der Waals surface area contributed by atoms with Crippen LogP contribution < -0.4 is 5.73 Å². The minimum atomic E-state index is -4.59. The molecule has 0 saturated heterocycles. The van der Waals surface area contributed by atoms with E-state index >= 15 is 0 Å². The van der Waals surface area contributed by atoms with Crippen LogP contribution in [0.15, 0.2) is 30.6 Å². The Hall–Kier alpha value is -1.82. The predicted molar refractivity (Wildman–Crippen MR) is 61.9 cm³/mol. The molecule has 2 N–H and O–H groups in total. The Morgan fingerprint density at radius 3 is 2.50 bits per heavy atom. The summed E-state index contributed by atoms with van der Waals surface area (Å²) in [6.07, 6.45) is -1.83. The molecule has 2 aromatic heterocycles. The standard InChI is InChI=1S/C11H7ClF3N3/c12-7-3-6(4-17-5-7)9-2-1-8(16)10(18-9)11(13,14)15/h1-5H,16H2. The highest BCUT2D eigenvalue weighted by atomic mass is 35.5. The molecule has 0 aliphatic heterocycles. The van der Waals surface area contributed by atoms with Gasteiger partial charge in [-0.3, -0.25) is 4.98 Å². The molecule has 94 valence electrons. The molecule has 0 unspecified atom stereocenters. The van der Waals surface area contributed by atoms with Crippen LogP contribution in [0.4, 0.5) is 18.9 Å². The molecule has 0 aliphatic rings. The second-order valence-corrected chi connectivity index (χ2v) is 3.96. The van der Waals surface area contributed by atoms with Gasteiger partial charge in [-0.05, 0) is 18.2 Å². The zero-order chi connectivity index (χ0) is 13.3. The number of aromatic nitrogens is 2. The van der Waals surface area contributed by atoms with Gasteiger partial charge in [0.2, 0.25) is 0 Å². The lowest BCUT2D eigenvalue weighted by atomic mass is 10.1. The van der Waals surface area contributed by atoms with Crippen molar-refractivity contribution in [3.8, 4) is 11.3 Å². The van der Waals surface area contributed by atoms with Gasteiger partial charge in [-0.25, -0.2) is 4.98 Å². The molecule has 0 amide bonds. The van der Waals surface area contributed by atoms with Gasteiger partial charge < -0.3 is 5.73 Å². The van der Waals surface area contributed by atoms with Gasteiger partial charge >= 0.3 is 6.18 Å². The quantitative estimate of drug-likeness (QED) is 0.866. The maximum absolute atomic E-state index is 12.6. The largest absolute Gasteiger partial charge is 0.435 e. The van der Waals surface area contributed by atoms with Crippen molar-refractivity contribution in [3.63, 3.8) is 0 Å². The summed E-state index contributed by atoms with van der Waals surface area (Å²) in [6, 6.07) is 4.03. The van der Waals surface area contributed by atoms with Gasteiger partial charge in [0.1, 0.15) is 0 Å². The normalized spacial score (nSPS) is 11.6. The van der Waals surface area contributed by atoms with Crippen molar-refractivity contribution in [1.82, 2.24) is 9.97 Å². The van der Waals surface area contributed by atoms with Gasteiger partial charge in [-0.1, -0.05) is 11.6 Å². The predicted octanol–water partition coefficient (Wildman–Crippen LogP) is 3.40. The van der Waals surface area contributed by atoms with E-state index in [9.17, 15) is 13.2 Å². The molecule has 3 nitrogen and oxygen atoms in total. The molecule has 0 aliphatic carbocycles. The monoisotopic (exact) mass is 273 g/mol. The second kappa shape index (κ2) is 4.45. The zero-order valence-corrected chi connectivity index (χ0v) is 9.63. The molecule has 0 fully saturated rings. The summed E-state index contributed by atoms with van der Waals surface area (Å²) >= 11 is 5.72. The smallest absolute Gasteiger partial charge is 0.397 e. The number of nitrogens with zero attached hydrogens (tertiary/aromatic N) is 2. The van der Waals surface area contributed by atoms with Crippen LogP contribution in [0.2, 0.25) is 5.02 Å². The molecule has 7 heteroatoms. The first-order valence-electron chi connectivity index (χ1n) is 4.82. The van der Waals surface area contributed by atoms with E-state index in [4.69, 9.17) is 17.3 Å². The molecule has 2 heterocycles. The number of pyridine rings is 2. The lowest BCUT2D eigenvalue weighted by molar-refractivity contribution is -0.140. The lowest BCUT2D eigenvalue weighted by Gasteiger charge is -2.10. The lowest BCUT2D eigenvalue weighted by Crippen LogP contribution is -2.12. The Balaban J connectivity index is 2.54. The Kier molecular flexibility index (Phi) is 3.13. The number of nitrogen functional groups attached to an aromatic ring is 1. The molecule has 0 aromatic carbocycles. The molecule has 2 rings (SSSR count). The minimum Gasteiger partial charge on any atom is -0.397 e. The number of rotatable bonds is 1. The van der Waals surface area contributed by atoms with E-state index in [1.165, 1.54) is 24.5 Å². The fraction of sp³-hybridized carbons (Fsp3) is 0.0909. The molecule has 0 radical (unpaired) electrons. The average Bonchev–Trinajstić information content (AvgIpc) is 2.28. The third-order valence-electron chi connectivity index (χ3n) is 2.20. The van der Waals surface area contributed by atoms with Crippen LogP contribution in [0.25, 0.3) is 11.3 Å². The first-order valence-corrected chi connectivity index (χ1v) is 5.20. The van der Waals surface area contributed by atoms with Crippen LogP contribution in [0.3, 0.4) is 0 Å². The van der Waals surface area contributed by atoms with Gasteiger partial charge in [-0.2, -0.15) is 13.2 Å². The Morgan fingerprint density at radius 2 is 1.89 bits per heavy atom. The van der Waals surface area contributed by atoms with Crippen molar-refractivity contribution in [1.29, 1.82) is 0 Å². The van der Waals surface area contributed by atoms with Crippen molar-refractivity contribution < 1.29 is 13.2 Å². The van der Waals surface area contributed by atoms with Gasteiger partial charge in [0.15, 0.2) is 5.69 Å². The van der Waals surface area contributed by atoms with Crippen molar-refractivity contribution in [2.45, 2.75) is 6.18 Å². The second-order valence-electron chi connectivity index (χ2n) is 3.52. The van der Waals surface area contributed by atoms with E-state index in [1.807, 2.05) is 0 Å². The summed E-state index contributed by atoms with van der Waals surface area (Å²) in [7, 11) is 0. The first-order chi connectivity index (χ1) is 8.38. The number of alkyl halides is 3. The summed E-state index contributed by atoms with van der Waals surface area (Å²) in [5, 5.41) is 0.319. The maximum Gasteiger partial charge on any atom is 0.435 e. The van der Waals surface area contributed by atoms with Crippen LogP contribution in [0.1, 0.15) is 5.69 Å². The summed E-state index contributed by atoms with van der Waals surface area (Å²) < 4.78 is 37.9. The van der Waals surface area contributed by atoms with Crippen molar-refractivity contribution in [3.05, 3.63) is 41.3 Å². The number of hydrogen-bond donors (Lipinski definition) is 1. The van der Waals surface area contributed by atoms with E-state index < -0.39 is 17.6 Å². The third kappa shape index (κ3) is 2.53. The summed E-state index contributed by atoms with van der Waals surface area (Å²) in [5.41, 5.74) is 4.25. The molecule has 18 heavy (non-hydrogen) atoms. The first kappa shape index (κ1) is 12.6.